The van der Waals surface area contributed by atoms with Crippen LogP contribution in [0.3, 0.4) is 0 Å². The zero-order valence-electron chi connectivity index (χ0n) is 14.3. The summed E-state index contributed by atoms with van der Waals surface area (Å²) in [5.74, 6) is 0.742. The van der Waals surface area contributed by atoms with Crippen molar-refractivity contribution < 1.29 is 14.6 Å². The van der Waals surface area contributed by atoms with Gasteiger partial charge < -0.3 is 9.84 Å². The van der Waals surface area contributed by atoms with Gasteiger partial charge in [0.15, 0.2) is 0 Å². The highest BCUT2D eigenvalue weighted by molar-refractivity contribution is 6.30. The number of rotatable bonds is 7. The number of aryl methyl sites for hydroxylation is 1. The van der Waals surface area contributed by atoms with Crippen LogP contribution in [0, 0.1) is 6.92 Å². The van der Waals surface area contributed by atoms with Gasteiger partial charge in [0.1, 0.15) is 11.5 Å². The van der Waals surface area contributed by atoms with Crippen molar-refractivity contribution in [3.8, 4) is 11.5 Å². The van der Waals surface area contributed by atoms with Crippen LogP contribution in [0.4, 0.5) is 0 Å². The Bertz CT molecular complexity index is 775. The third kappa shape index (κ3) is 6.12. The summed E-state index contributed by atoms with van der Waals surface area (Å²) < 4.78 is 5.65. The molecule has 0 bridgehead atoms. The molecule has 2 N–H and O–H groups in total. The van der Waals surface area contributed by atoms with Crippen LogP contribution in [-0.4, -0.2) is 23.3 Å². The van der Waals surface area contributed by atoms with E-state index in [1.165, 1.54) is 0 Å². The third-order valence-electron chi connectivity index (χ3n) is 3.55. The minimum absolute atomic E-state index is 0.160. The van der Waals surface area contributed by atoms with E-state index in [1.807, 2.05) is 25.1 Å². The molecule has 0 heterocycles. The van der Waals surface area contributed by atoms with Crippen molar-refractivity contribution in [1.29, 1.82) is 0 Å². The maximum absolute atomic E-state index is 11.8. The van der Waals surface area contributed by atoms with E-state index in [9.17, 15) is 9.90 Å². The summed E-state index contributed by atoms with van der Waals surface area (Å²) in [6, 6.07) is 12.1. The van der Waals surface area contributed by atoms with Crippen LogP contribution in [-0.2, 0) is 4.79 Å². The Kier molecular flexibility index (Phi) is 6.83. The van der Waals surface area contributed by atoms with Crippen molar-refractivity contribution in [3.63, 3.8) is 0 Å². The molecule has 0 fully saturated rings. The standard InChI is InChI=1S/C19H21ClN2O3/c1-13-11-16(20)8-9-18(13)25-10-4-7-19(24)22-21-14(2)15-5-3-6-17(23)12-15/h3,5-6,8-9,11-12,23H,4,7,10H2,1-2H3,(H,22,24)/b21-14-. The average Bonchev–Trinajstić information content (AvgIpc) is 2.58. The van der Waals surface area contributed by atoms with Gasteiger partial charge in [-0.05, 0) is 56.2 Å². The van der Waals surface area contributed by atoms with Gasteiger partial charge in [0.25, 0.3) is 0 Å². The summed E-state index contributed by atoms with van der Waals surface area (Å²) in [6.45, 7) is 4.12. The van der Waals surface area contributed by atoms with Crippen molar-refractivity contribution in [3.05, 3.63) is 58.6 Å². The Morgan fingerprint density at radius 3 is 2.80 bits per heavy atom. The zero-order chi connectivity index (χ0) is 18.2. The molecule has 6 heteroatoms. The lowest BCUT2D eigenvalue weighted by Gasteiger charge is -2.09. The predicted molar refractivity (Wildman–Crippen MR) is 99.4 cm³/mol. The Labute approximate surface area is 152 Å². The molecule has 0 unspecified atom stereocenters. The minimum Gasteiger partial charge on any atom is -0.508 e. The molecule has 5 nitrogen and oxygen atoms in total. The number of benzene rings is 2. The molecule has 0 aromatic heterocycles. The van der Waals surface area contributed by atoms with E-state index in [1.54, 1.807) is 31.2 Å². The molecule has 0 radical (unpaired) electrons. The number of amides is 1. The van der Waals surface area contributed by atoms with E-state index in [0.717, 1.165) is 16.9 Å². The first-order chi connectivity index (χ1) is 12.0. The molecule has 25 heavy (non-hydrogen) atoms. The Balaban J connectivity index is 1.74. The largest absolute Gasteiger partial charge is 0.508 e. The maximum Gasteiger partial charge on any atom is 0.240 e. The second kappa shape index (κ2) is 9.08. The number of phenols is 1. The molecular weight excluding hydrogens is 340 g/mol. The molecule has 2 aromatic rings. The molecule has 2 rings (SSSR count). The first kappa shape index (κ1) is 18.8. The summed E-state index contributed by atoms with van der Waals surface area (Å²) in [6.07, 6.45) is 0.887. The second-order valence-corrected chi connectivity index (χ2v) is 6.08. The van der Waals surface area contributed by atoms with Gasteiger partial charge in [0, 0.05) is 17.0 Å². The van der Waals surface area contributed by atoms with E-state index in [4.69, 9.17) is 16.3 Å². The quantitative estimate of drug-likeness (QED) is 0.444. The van der Waals surface area contributed by atoms with Gasteiger partial charge in [0.2, 0.25) is 5.91 Å². The number of nitrogens with one attached hydrogen (secondary N) is 1. The highest BCUT2D eigenvalue weighted by Crippen LogP contribution is 2.21. The molecule has 2 aromatic carbocycles. The fourth-order valence-electron chi connectivity index (χ4n) is 2.19. The van der Waals surface area contributed by atoms with Crippen LogP contribution in [0.2, 0.25) is 5.02 Å². The van der Waals surface area contributed by atoms with Crippen molar-refractivity contribution >= 4 is 23.2 Å². The molecule has 0 aliphatic rings. The second-order valence-electron chi connectivity index (χ2n) is 5.64. The van der Waals surface area contributed by atoms with Crippen molar-refractivity contribution in [2.75, 3.05) is 6.61 Å². The first-order valence-electron chi connectivity index (χ1n) is 7.97. The monoisotopic (exact) mass is 360 g/mol. The van der Waals surface area contributed by atoms with Gasteiger partial charge in [-0.15, -0.1) is 0 Å². The molecule has 0 saturated heterocycles. The smallest absolute Gasteiger partial charge is 0.240 e. The average molecular weight is 361 g/mol. The van der Waals surface area contributed by atoms with Gasteiger partial charge in [-0.1, -0.05) is 23.7 Å². The zero-order valence-corrected chi connectivity index (χ0v) is 15.0. The van der Waals surface area contributed by atoms with Gasteiger partial charge in [0.05, 0.1) is 12.3 Å². The fourth-order valence-corrected chi connectivity index (χ4v) is 2.41. The Hall–Kier alpha value is -2.53. The highest BCUT2D eigenvalue weighted by Gasteiger charge is 2.04. The van der Waals surface area contributed by atoms with Crippen LogP contribution in [0.1, 0.15) is 30.9 Å². The molecule has 0 saturated carbocycles. The molecule has 132 valence electrons. The van der Waals surface area contributed by atoms with Gasteiger partial charge in [-0.2, -0.15) is 5.10 Å². The normalized spacial score (nSPS) is 11.2. The SMILES string of the molecule is C/C(=N/NC(=O)CCCOc1ccc(Cl)cc1C)c1cccc(O)c1. The van der Waals surface area contributed by atoms with Crippen molar-refractivity contribution in [2.24, 2.45) is 5.10 Å². The topological polar surface area (TPSA) is 70.9 Å². The number of carbonyl (C=O) groups excluding carboxylic acids is 1. The summed E-state index contributed by atoms with van der Waals surface area (Å²) in [5.41, 5.74) is 4.85. The maximum atomic E-state index is 11.8. The molecule has 0 aliphatic heterocycles. The van der Waals surface area contributed by atoms with Crippen LogP contribution in [0.25, 0.3) is 0 Å². The number of hydrazone groups is 1. The summed E-state index contributed by atoms with van der Waals surface area (Å²) >= 11 is 5.90. The number of ether oxygens (including phenoxy) is 1. The molecule has 0 aliphatic carbocycles. The van der Waals surface area contributed by atoms with Crippen molar-refractivity contribution in [2.45, 2.75) is 26.7 Å². The summed E-state index contributed by atoms with van der Waals surface area (Å²) in [5, 5.41) is 14.2. The summed E-state index contributed by atoms with van der Waals surface area (Å²) in [7, 11) is 0. The Morgan fingerprint density at radius 1 is 1.28 bits per heavy atom. The number of phenolic OH excluding ortho intramolecular Hbond substituents is 1. The number of aromatic hydroxyl groups is 1. The van der Waals surface area contributed by atoms with E-state index in [0.29, 0.717) is 30.2 Å². The number of halogens is 1. The van der Waals surface area contributed by atoms with Crippen molar-refractivity contribution in [1.82, 2.24) is 5.43 Å². The number of carbonyl (C=O) groups is 1. The highest BCUT2D eigenvalue weighted by atomic mass is 35.5. The van der Waals surface area contributed by atoms with Gasteiger partial charge in [-0.3, -0.25) is 4.79 Å². The van der Waals surface area contributed by atoms with Crippen LogP contribution < -0.4 is 10.2 Å². The van der Waals surface area contributed by atoms with Crippen LogP contribution in [0.5, 0.6) is 11.5 Å². The molecule has 0 atom stereocenters. The van der Waals surface area contributed by atoms with E-state index >= 15 is 0 Å². The Morgan fingerprint density at radius 2 is 2.08 bits per heavy atom. The van der Waals surface area contributed by atoms with Gasteiger partial charge >= 0.3 is 0 Å². The number of hydrogen-bond donors (Lipinski definition) is 2. The lowest BCUT2D eigenvalue weighted by atomic mass is 10.1. The number of hydrogen-bond acceptors (Lipinski definition) is 4. The van der Waals surface area contributed by atoms with E-state index in [-0.39, 0.29) is 11.7 Å². The lowest BCUT2D eigenvalue weighted by molar-refractivity contribution is -0.121. The first-order valence-corrected chi connectivity index (χ1v) is 8.35. The minimum atomic E-state index is -0.184. The molecular formula is C19H21ClN2O3. The molecule has 0 spiro atoms. The van der Waals surface area contributed by atoms with Crippen LogP contribution in [0.15, 0.2) is 47.6 Å². The third-order valence-corrected chi connectivity index (χ3v) is 3.79. The fraction of sp³-hybridized carbons (Fsp3) is 0.263. The van der Waals surface area contributed by atoms with E-state index in [2.05, 4.69) is 10.5 Å². The van der Waals surface area contributed by atoms with E-state index < -0.39 is 0 Å². The number of nitrogens with zero attached hydrogens (tertiary/aromatic N) is 1. The summed E-state index contributed by atoms with van der Waals surface area (Å²) in [4.78, 5) is 11.8. The molecule has 1 amide bonds. The van der Waals surface area contributed by atoms with Crippen LogP contribution >= 0.6 is 11.6 Å². The lowest BCUT2D eigenvalue weighted by Crippen LogP contribution is -2.19. The van der Waals surface area contributed by atoms with Gasteiger partial charge in [-0.25, -0.2) is 5.43 Å². The predicted octanol–water partition coefficient (Wildman–Crippen LogP) is 4.05.